The molecule has 30 heavy (non-hydrogen) atoms. The summed E-state index contributed by atoms with van der Waals surface area (Å²) in [6.45, 7) is 1.58. The van der Waals surface area contributed by atoms with E-state index in [1.54, 1.807) is 30.0 Å². The predicted octanol–water partition coefficient (Wildman–Crippen LogP) is 4.44. The fourth-order valence-electron chi connectivity index (χ4n) is 4.49. The monoisotopic (exact) mass is 457 g/mol. The van der Waals surface area contributed by atoms with Crippen LogP contribution in [0.3, 0.4) is 0 Å². The van der Waals surface area contributed by atoms with E-state index in [1.807, 2.05) is 11.4 Å². The third-order valence-electron chi connectivity index (χ3n) is 5.73. The second kappa shape index (κ2) is 7.85. The Hall–Kier alpha value is -2.13. The highest BCUT2D eigenvalue weighted by molar-refractivity contribution is 7.15. The quantitative estimate of drug-likeness (QED) is 0.738. The van der Waals surface area contributed by atoms with Crippen LogP contribution >= 0.6 is 22.9 Å². The van der Waals surface area contributed by atoms with Gasteiger partial charge in [0.05, 0.1) is 15.9 Å². The number of nitrogens with zero attached hydrogens (tertiary/aromatic N) is 2. The molecule has 10 heteroatoms. The highest BCUT2D eigenvalue weighted by Gasteiger charge is 2.49. The summed E-state index contributed by atoms with van der Waals surface area (Å²) in [5, 5.41) is 3.19. The number of piperidine rings is 1. The third-order valence-corrected chi connectivity index (χ3v) is 6.98. The molecule has 1 aliphatic carbocycles. The fourth-order valence-corrected chi connectivity index (χ4v) is 5.59. The van der Waals surface area contributed by atoms with Gasteiger partial charge in [-0.1, -0.05) is 23.7 Å². The van der Waals surface area contributed by atoms with E-state index in [0.717, 1.165) is 24.8 Å². The molecule has 0 spiro atoms. The second-order valence-electron chi connectivity index (χ2n) is 7.64. The Balaban J connectivity index is 1.61. The Labute approximate surface area is 180 Å². The maximum atomic E-state index is 13.5. The molecule has 1 N–H and O–H groups in total. The topological polar surface area (TPSA) is 62.3 Å². The van der Waals surface area contributed by atoms with Crippen molar-refractivity contribution in [3.63, 3.8) is 0 Å². The van der Waals surface area contributed by atoms with Crippen LogP contribution in [0.15, 0.2) is 24.3 Å². The maximum absolute atomic E-state index is 13.5. The molecule has 1 aromatic heterocycles. The van der Waals surface area contributed by atoms with Crippen molar-refractivity contribution >= 4 is 34.8 Å². The molecule has 1 saturated carbocycles. The molecule has 160 valence electrons. The summed E-state index contributed by atoms with van der Waals surface area (Å²) in [7, 11) is 0. The first kappa shape index (κ1) is 21.1. The number of fused-ring (bicyclic) bond motifs is 2. The minimum absolute atomic E-state index is 0.0514. The van der Waals surface area contributed by atoms with Crippen LogP contribution in [0.4, 0.5) is 13.2 Å². The summed E-state index contributed by atoms with van der Waals surface area (Å²) in [5.41, 5.74) is 1.04. The number of aryl methyl sites for hydroxylation is 1. The normalized spacial score (nSPS) is 23.1. The molecule has 3 atom stereocenters. The van der Waals surface area contributed by atoms with Crippen molar-refractivity contribution in [1.82, 2.24) is 15.2 Å². The lowest BCUT2D eigenvalue weighted by molar-refractivity contribution is -0.173. The molecule has 1 aromatic carbocycles. The fraction of sp³-hybridized carbons (Fsp3) is 0.450. The number of aromatic nitrogens is 1. The summed E-state index contributed by atoms with van der Waals surface area (Å²) in [5.74, 6) is -2.23. The molecular weight excluding hydrogens is 439 g/mol. The van der Waals surface area contributed by atoms with E-state index in [0.29, 0.717) is 14.9 Å². The maximum Gasteiger partial charge on any atom is 0.471 e. The van der Waals surface area contributed by atoms with Gasteiger partial charge in [-0.2, -0.15) is 13.2 Å². The van der Waals surface area contributed by atoms with Crippen LogP contribution in [0, 0.1) is 12.8 Å². The van der Waals surface area contributed by atoms with Crippen LogP contribution in [0.1, 0.15) is 34.8 Å². The molecule has 4 rings (SSSR count). The number of thiazole rings is 1. The first-order chi connectivity index (χ1) is 14.1. The van der Waals surface area contributed by atoms with E-state index < -0.39 is 18.1 Å². The average molecular weight is 458 g/mol. The van der Waals surface area contributed by atoms with Crippen LogP contribution in [-0.4, -0.2) is 46.5 Å². The van der Waals surface area contributed by atoms with Gasteiger partial charge in [-0.3, -0.25) is 9.59 Å². The Kier molecular flexibility index (Phi) is 5.52. The van der Waals surface area contributed by atoms with E-state index in [4.69, 9.17) is 11.6 Å². The zero-order chi connectivity index (χ0) is 21.6. The van der Waals surface area contributed by atoms with Gasteiger partial charge in [0.15, 0.2) is 0 Å². The van der Waals surface area contributed by atoms with Crippen molar-refractivity contribution in [2.45, 2.75) is 44.4 Å². The van der Waals surface area contributed by atoms with E-state index in [9.17, 15) is 22.8 Å². The van der Waals surface area contributed by atoms with E-state index in [1.165, 1.54) is 11.3 Å². The second-order valence-corrected chi connectivity index (χ2v) is 9.28. The number of rotatable bonds is 4. The lowest BCUT2D eigenvalue weighted by atomic mass is 9.98. The van der Waals surface area contributed by atoms with Gasteiger partial charge in [0.2, 0.25) is 0 Å². The third kappa shape index (κ3) is 3.92. The lowest BCUT2D eigenvalue weighted by Gasteiger charge is -2.35. The summed E-state index contributed by atoms with van der Waals surface area (Å²) in [4.78, 5) is 31.5. The van der Waals surface area contributed by atoms with Gasteiger partial charge < -0.3 is 10.2 Å². The largest absolute Gasteiger partial charge is 0.471 e. The number of benzene rings is 1. The molecule has 2 heterocycles. The molecule has 2 aromatic rings. The van der Waals surface area contributed by atoms with Gasteiger partial charge in [-0.05, 0) is 49.8 Å². The standard InChI is InChI=1S/C20H19ClF3N3O2S/c1-10-26-16(17(30-10)12-3-2-4-13(21)7-12)18(28)27-14-6-5-11(8-14)15(27)9-25-19(29)20(22,23)24/h2-4,7,11,14-15H,5-6,8-9H2,1H3,(H,25,29)/t11-,14+,15+/m0/s1. The molecule has 2 bridgehead atoms. The summed E-state index contributed by atoms with van der Waals surface area (Å²) < 4.78 is 37.8. The van der Waals surface area contributed by atoms with Crippen molar-refractivity contribution in [3.05, 3.63) is 40.0 Å². The Morgan fingerprint density at radius 1 is 1.33 bits per heavy atom. The Morgan fingerprint density at radius 2 is 2.10 bits per heavy atom. The van der Waals surface area contributed by atoms with E-state index in [-0.39, 0.29) is 30.1 Å². The Bertz CT molecular complexity index is 994. The SMILES string of the molecule is Cc1nc(C(=O)N2[C@@H]3CC[C@@H](C3)[C@H]2CNC(=O)C(F)(F)F)c(-c2cccc(Cl)c2)s1. The zero-order valence-electron chi connectivity index (χ0n) is 16.0. The van der Waals surface area contributed by atoms with Crippen molar-refractivity contribution < 1.29 is 22.8 Å². The van der Waals surface area contributed by atoms with Crippen LogP contribution in [0.5, 0.6) is 0 Å². The minimum Gasteiger partial charge on any atom is -0.346 e. The van der Waals surface area contributed by atoms with Gasteiger partial charge in [0.1, 0.15) is 5.69 Å². The number of carbonyl (C=O) groups excluding carboxylic acids is 2. The molecule has 2 amide bonds. The van der Waals surface area contributed by atoms with E-state index in [2.05, 4.69) is 4.98 Å². The number of nitrogens with one attached hydrogen (secondary N) is 1. The molecule has 0 unspecified atom stereocenters. The minimum atomic E-state index is -4.95. The summed E-state index contributed by atoms with van der Waals surface area (Å²) in [6.07, 6.45) is -2.58. The molecule has 2 aliphatic rings. The van der Waals surface area contributed by atoms with Gasteiger partial charge >= 0.3 is 12.1 Å². The molecule has 2 fully saturated rings. The number of carbonyl (C=O) groups is 2. The van der Waals surface area contributed by atoms with Crippen LogP contribution in [0.25, 0.3) is 10.4 Å². The van der Waals surface area contributed by atoms with Gasteiger partial charge in [0, 0.05) is 17.6 Å². The highest BCUT2D eigenvalue weighted by atomic mass is 35.5. The number of amides is 2. The summed E-state index contributed by atoms with van der Waals surface area (Å²) in [6, 6.07) is 6.59. The number of alkyl halides is 3. The molecule has 0 radical (unpaired) electrons. The van der Waals surface area contributed by atoms with Crippen molar-refractivity contribution in [2.24, 2.45) is 5.92 Å². The molecular formula is C20H19ClF3N3O2S. The van der Waals surface area contributed by atoms with Crippen LogP contribution in [-0.2, 0) is 4.79 Å². The zero-order valence-corrected chi connectivity index (χ0v) is 17.6. The molecule has 1 saturated heterocycles. The number of hydrogen-bond acceptors (Lipinski definition) is 4. The van der Waals surface area contributed by atoms with Gasteiger partial charge in [-0.25, -0.2) is 4.98 Å². The average Bonchev–Trinajstić information content (AvgIpc) is 3.38. The van der Waals surface area contributed by atoms with Gasteiger partial charge in [0.25, 0.3) is 5.91 Å². The smallest absolute Gasteiger partial charge is 0.346 e. The molecule has 5 nitrogen and oxygen atoms in total. The van der Waals surface area contributed by atoms with Crippen molar-refractivity contribution in [1.29, 1.82) is 0 Å². The number of likely N-dealkylation sites (tertiary alicyclic amines) is 1. The predicted molar refractivity (Wildman–Crippen MR) is 107 cm³/mol. The number of halogens is 4. The van der Waals surface area contributed by atoms with Gasteiger partial charge in [-0.15, -0.1) is 11.3 Å². The van der Waals surface area contributed by atoms with E-state index >= 15 is 0 Å². The van der Waals surface area contributed by atoms with Crippen molar-refractivity contribution in [2.75, 3.05) is 6.54 Å². The lowest BCUT2D eigenvalue weighted by Crippen LogP contribution is -2.52. The first-order valence-electron chi connectivity index (χ1n) is 9.56. The number of hydrogen-bond donors (Lipinski definition) is 1. The highest BCUT2D eigenvalue weighted by Crippen LogP contribution is 2.44. The summed E-state index contributed by atoms with van der Waals surface area (Å²) >= 11 is 7.47. The van der Waals surface area contributed by atoms with Crippen LogP contribution in [0.2, 0.25) is 5.02 Å². The first-order valence-corrected chi connectivity index (χ1v) is 10.8. The molecule has 1 aliphatic heterocycles. The Morgan fingerprint density at radius 3 is 2.80 bits per heavy atom. The van der Waals surface area contributed by atoms with Crippen molar-refractivity contribution in [3.8, 4) is 10.4 Å². The van der Waals surface area contributed by atoms with Crippen LogP contribution < -0.4 is 5.32 Å².